The van der Waals surface area contributed by atoms with Gasteiger partial charge in [0, 0.05) is 0 Å². The van der Waals surface area contributed by atoms with E-state index < -0.39 is 0 Å². The fourth-order valence-electron chi connectivity index (χ4n) is 1.27. The molecule has 0 saturated heterocycles. The van der Waals surface area contributed by atoms with E-state index in [-0.39, 0.29) is 6.10 Å². The van der Waals surface area contributed by atoms with Crippen LogP contribution in [0.4, 0.5) is 0 Å². The number of aryl methyl sites for hydroxylation is 1. The van der Waals surface area contributed by atoms with Crippen molar-refractivity contribution in [2.75, 3.05) is 6.54 Å². The van der Waals surface area contributed by atoms with Crippen LogP contribution in [-0.4, -0.2) is 11.7 Å². The maximum absolute atomic E-state index is 9.69. The Balaban J connectivity index is 2.55. The summed E-state index contributed by atoms with van der Waals surface area (Å²) < 4.78 is 0. The summed E-state index contributed by atoms with van der Waals surface area (Å²) in [6.45, 7) is 2.68. The molecule has 2 heteroatoms. The summed E-state index contributed by atoms with van der Waals surface area (Å²) in [6, 6.07) is 7.97. The van der Waals surface area contributed by atoms with Gasteiger partial charge in [0.1, 0.15) is 0 Å². The molecule has 0 bridgehead atoms. The van der Waals surface area contributed by atoms with Crippen molar-refractivity contribution in [3.05, 3.63) is 35.4 Å². The molecule has 0 radical (unpaired) electrons. The summed E-state index contributed by atoms with van der Waals surface area (Å²) in [5, 5.41) is 9.69. The zero-order chi connectivity index (χ0) is 9.68. The maximum atomic E-state index is 9.69. The van der Waals surface area contributed by atoms with Crippen LogP contribution in [0.1, 0.15) is 30.1 Å². The second-order valence-electron chi connectivity index (χ2n) is 3.36. The molecular formula is C11H17NO. The van der Waals surface area contributed by atoms with Crippen LogP contribution in [0.15, 0.2) is 24.3 Å². The van der Waals surface area contributed by atoms with E-state index in [1.165, 1.54) is 5.56 Å². The lowest BCUT2D eigenvalue weighted by Gasteiger charge is -2.09. The molecule has 0 aliphatic rings. The van der Waals surface area contributed by atoms with Crippen molar-refractivity contribution < 1.29 is 5.11 Å². The zero-order valence-corrected chi connectivity index (χ0v) is 8.03. The molecule has 0 aliphatic heterocycles. The molecule has 0 saturated carbocycles. The van der Waals surface area contributed by atoms with E-state index in [0.29, 0.717) is 6.54 Å². The van der Waals surface area contributed by atoms with Gasteiger partial charge >= 0.3 is 0 Å². The number of nitrogens with two attached hydrogens (primary N) is 1. The second kappa shape index (κ2) is 5.00. The molecule has 0 aliphatic carbocycles. The predicted molar refractivity (Wildman–Crippen MR) is 54.4 cm³/mol. The van der Waals surface area contributed by atoms with Gasteiger partial charge < -0.3 is 10.8 Å². The molecule has 1 aromatic rings. The third kappa shape index (κ3) is 3.17. The zero-order valence-electron chi connectivity index (χ0n) is 8.03. The highest BCUT2D eigenvalue weighted by Crippen LogP contribution is 2.17. The van der Waals surface area contributed by atoms with E-state index >= 15 is 0 Å². The van der Waals surface area contributed by atoms with Crippen molar-refractivity contribution in [3.63, 3.8) is 0 Å². The van der Waals surface area contributed by atoms with E-state index in [1.54, 1.807) is 0 Å². The summed E-state index contributed by atoms with van der Waals surface area (Å²) in [5.41, 5.74) is 7.57. The maximum Gasteiger partial charge on any atom is 0.0790 e. The first-order chi connectivity index (χ1) is 6.24. The molecular weight excluding hydrogens is 162 g/mol. The van der Waals surface area contributed by atoms with E-state index in [4.69, 9.17) is 5.73 Å². The Morgan fingerprint density at radius 1 is 1.31 bits per heavy atom. The number of rotatable bonds is 4. The normalized spacial score (nSPS) is 12.8. The summed E-state index contributed by atoms with van der Waals surface area (Å²) >= 11 is 0. The lowest BCUT2D eigenvalue weighted by atomic mass is 10.0. The molecule has 3 N–H and O–H groups in total. The van der Waals surface area contributed by atoms with Gasteiger partial charge in [-0.25, -0.2) is 0 Å². The van der Waals surface area contributed by atoms with Gasteiger partial charge in [-0.2, -0.15) is 0 Å². The Kier molecular flexibility index (Phi) is 3.93. The summed E-state index contributed by atoms with van der Waals surface area (Å²) in [4.78, 5) is 0. The van der Waals surface area contributed by atoms with E-state index in [9.17, 15) is 5.11 Å². The largest absolute Gasteiger partial charge is 0.388 e. The van der Waals surface area contributed by atoms with Gasteiger partial charge in [0.25, 0.3) is 0 Å². The van der Waals surface area contributed by atoms with Crippen LogP contribution in [0.3, 0.4) is 0 Å². The first-order valence-corrected chi connectivity index (χ1v) is 4.68. The first kappa shape index (κ1) is 10.2. The Morgan fingerprint density at radius 2 is 1.92 bits per heavy atom. The molecule has 0 amide bonds. The quantitative estimate of drug-likeness (QED) is 0.740. The third-order valence-electron chi connectivity index (χ3n) is 2.14. The predicted octanol–water partition coefficient (Wildman–Crippen LogP) is 1.77. The van der Waals surface area contributed by atoms with Crippen LogP contribution in [0, 0.1) is 6.92 Å². The number of benzene rings is 1. The average Bonchev–Trinajstić information content (AvgIpc) is 2.15. The smallest absolute Gasteiger partial charge is 0.0790 e. The molecule has 2 nitrogen and oxygen atoms in total. The van der Waals surface area contributed by atoms with Crippen LogP contribution in [0.25, 0.3) is 0 Å². The minimum atomic E-state index is -0.357. The van der Waals surface area contributed by atoms with Crippen molar-refractivity contribution in [2.24, 2.45) is 5.73 Å². The Bertz CT molecular complexity index is 243. The Hall–Kier alpha value is -0.860. The molecule has 13 heavy (non-hydrogen) atoms. The minimum Gasteiger partial charge on any atom is -0.388 e. The summed E-state index contributed by atoms with van der Waals surface area (Å²) in [7, 11) is 0. The van der Waals surface area contributed by atoms with Gasteiger partial charge in [0.2, 0.25) is 0 Å². The fraction of sp³-hybridized carbons (Fsp3) is 0.455. The van der Waals surface area contributed by atoms with Crippen molar-refractivity contribution >= 4 is 0 Å². The van der Waals surface area contributed by atoms with Crippen molar-refractivity contribution in [3.8, 4) is 0 Å². The van der Waals surface area contributed by atoms with E-state index in [0.717, 1.165) is 18.4 Å². The molecule has 1 rings (SSSR count). The summed E-state index contributed by atoms with van der Waals surface area (Å²) in [6.07, 6.45) is 1.26. The standard InChI is InChI=1S/C11H17NO/c1-9-4-6-10(7-5-9)11(13)3-2-8-12/h4-7,11,13H,2-3,8,12H2,1H3. The molecule has 0 fully saturated rings. The molecule has 0 spiro atoms. The molecule has 72 valence electrons. The SMILES string of the molecule is Cc1ccc(C(O)CCCN)cc1. The number of hydrogen-bond donors (Lipinski definition) is 2. The van der Waals surface area contributed by atoms with Crippen molar-refractivity contribution in [1.29, 1.82) is 0 Å². The highest BCUT2D eigenvalue weighted by atomic mass is 16.3. The van der Waals surface area contributed by atoms with Gasteiger partial charge in [-0.1, -0.05) is 29.8 Å². The first-order valence-electron chi connectivity index (χ1n) is 4.68. The van der Waals surface area contributed by atoms with Gasteiger partial charge in [-0.3, -0.25) is 0 Å². The van der Waals surface area contributed by atoms with E-state index in [2.05, 4.69) is 0 Å². The second-order valence-corrected chi connectivity index (χ2v) is 3.36. The third-order valence-corrected chi connectivity index (χ3v) is 2.14. The lowest BCUT2D eigenvalue weighted by Crippen LogP contribution is -2.03. The molecule has 1 aromatic carbocycles. The molecule has 0 aromatic heterocycles. The van der Waals surface area contributed by atoms with Gasteiger partial charge in [0.15, 0.2) is 0 Å². The molecule has 1 atom stereocenters. The van der Waals surface area contributed by atoms with Crippen LogP contribution in [-0.2, 0) is 0 Å². The highest BCUT2D eigenvalue weighted by molar-refractivity contribution is 5.22. The highest BCUT2D eigenvalue weighted by Gasteiger charge is 2.05. The van der Waals surface area contributed by atoms with Crippen LogP contribution >= 0.6 is 0 Å². The van der Waals surface area contributed by atoms with Crippen molar-refractivity contribution in [2.45, 2.75) is 25.9 Å². The van der Waals surface area contributed by atoms with Crippen molar-refractivity contribution in [1.82, 2.24) is 0 Å². The topological polar surface area (TPSA) is 46.2 Å². The summed E-state index contributed by atoms with van der Waals surface area (Å²) in [5.74, 6) is 0. The minimum absolute atomic E-state index is 0.357. The average molecular weight is 179 g/mol. The number of hydrogen-bond acceptors (Lipinski definition) is 2. The van der Waals surface area contributed by atoms with Gasteiger partial charge in [0.05, 0.1) is 6.10 Å². The van der Waals surface area contributed by atoms with Gasteiger partial charge in [-0.05, 0) is 31.9 Å². The number of aliphatic hydroxyl groups is 1. The number of aliphatic hydroxyl groups excluding tert-OH is 1. The molecule has 1 unspecified atom stereocenters. The Labute approximate surface area is 79.4 Å². The fourth-order valence-corrected chi connectivity index (χ4v) is 1.27. The van der Waals surface area contributed by atoms with Crippen LogP contribution in [0.2, 0.25) is 0 Å². The lowest BCUT2D eigenvalue weighted by molar-refractivity contribution is 0.165. The van der Waals surface area contributed by atoms with Gasteiger partial charge in [-0.15, -0.1) is 0 Å². The molecule has 0 heterocycles. The Morgan fingerprint density at radius 3 is 2.46 bits per heavy atom. The van der Waals surface area contributed by atoms with E-state index in [1.807, 2.05) is 31.2 Å². The van der Waals surface area contributed by atoms with Crippen LogP contribution < -0.4 is 5.73 Å². The van der Waals surface area contributed by atoms with Crippen LogP contribution in [0.5, 0.6) is 0 Å². The monoisotopic (exact) mass is 179 g/mol.